The number of hydrogen-bond acceptors (Lipinski definition) is 4. The highest BCUT2D eigenvalue weighted by molar-refractivity contribution is 7.93. The van der Waals surface area contributed by atoms with E-state index in [0.717, 1.165) is 5.56 Å². The third kappa shape index (κ3) is 3.99. The molecule has 6 nitrogen and oxygen atoms in total. The Morgan fingerprint density at radius 3 is 2.33 bits per heavy atom. The van der Waals surface area contributed by atoms with Crippen molar-refractivity contribution in [1.82, 2.24) is 0 Å². The Kier molecular flexibility index (Phi) is 4.91. The van der Waals surface area contributed by atoms with Gasteiger partial charge in [0.1, 0.15) is 10.0 Å². The lowest BCUT2D eigenvalue weighted by Crippen LogP contribution is -3.59. The number of benzene rings is 2. The number of hydrogen-bond donors (Lipinski definition) is 0. The minimum Gasteiger partial charge on any atom is -0.282 e. The Balaban J connectivity index is 2.19. The molecule has 0 radical (unpaired) electrons. The Hall–Kier alpha value is -1.52. The highest BCUT2D eigenvalue weighted by atomic mass is 127. The van der Waals surface area contributed by atoms with Crippen LogP contribution in [0.3, 0.4) is 0 Å². The van der Waals surface area contributed by atoms with E-state index in [1.54, 1.807) is 30.3 Å². The molecule has 0 fully saturated rings. The van der Waals surface area contributed by atoms with Gasteiger partial charge in [0.2, 0.25) is 21.5 Å². The number of nitro groups is 1. The molecule has 0 aliphatic rings. The first kappa shape index (κ1) is 15.9. The summed E-state index contributed by atoms with van der Waals surface area (Å²) in [6, 6.07) is 12.4. The van der Waals surface area contributed by atoms with Crippen molar-refractivity contribution in [2.75, 3.05) is 0 Å². The zero-order valence-electron chi connectivity index (χ0n) is 10.9. The molecular formula is C13H11IN2O4S. The highest BCUT2D eigenvalue weighted by Crippen LogP contribution is 2.13. The van der Waals surface area contributed by atoms with E-state index in [1.807, 2.05) is 6.92 Å². The summed E-state index contributed by atoms with van der Waals surface area (Å²) in [6.07, 6.45) is 0. The van der Waals surface area contributed by atoms with Gasteiger partial charge in [0.15, 0.2) is 0 Å². The number of nitrogens with zero attached hydrogens (tertiary/aromatic N) is 2. The van der Waals surface area contributed by atoms with E-state index < -0.39 is 36.4 Å². The maximum Gasteiger partial charge on any atom is 0.320 e. The molecule has 0 unspecified atom stereocenters. The summed E-state index contributed by atoms with van der Waals surface area (Å²) in [6.45, 7) is 1.85. The van der Waals surface area contributed by atoms with Crippen molar-refractivity contribution >= 4 is 15.7 Å². The lowest BCUT2D eigenvalue weighted by Gasteiger charge is -2.08. The molecule has 0 aromatic heterocycles. The fourth-order valence-electron chi connectivity index (χ4n) is 1.50. The number of sulfonamides is 1. The van der Waals surface area contributed by atoms with Crippen molar-refractivity contribution in [3.8, 4) is 0 Å². The second-order valence-corrected chi connectivity index (χ2v) is 8.54. The van der Waals surface area contributed by atoms with Crippen LogP contribution in [0.2, 0.25) is 0 Å². The van der Waals surface area contributed by atoms with Gasteiger partial charge in [-0.25, -0.2) is 8.42 Å². The van der Waals surface area contributed by atoms with Crippen molar-refractivity contribution in [3.05, 3.63) is 70.7 Å². The van der Waals surface area contributed by atoms with Gasteiger partial charge in [-0.3, -0.25) is 13.0 Å². The summed E-state index contributed by atoms with van der Waals surface area (Å²) in [4.78, 5) is 10.5. The normalized spacial score (nSPS) is 11.3. The fourth-order valence-corrected chi connectivity index (χ4v) is 5.32. The molecule has 0 saturated carbocycles. The van der Waals surface area contributed by atoms with E-state index in [2.05, 4.69) is 2.94 Å². The van der Waals surface area contributed by atoms with Crippen LogP contribution in [0.15, 0.2) is 53.4 Å². The predicted octanol–water partition coefficient (Wildman–Crippen LogP) is -0.161. The van der Waals surface area contributed by atoms with Crippen LogP contribution in [0.5, 0.6) is 0 Å². The molecule has 0 spiro atoms. The van der Waals surface area contributed by atoms with Crippen LogP contribution >= 0.6 is 0 Å². The molecule has 110 valence electrons. The third-order valence-electron chi connectivity index (χ3n) is 2.58. The molecule has 0 amide bonds. The number of nitro benzene ring substituents is 1. The van der Waals surface area contributed by atoms with Crippen molar-refractivity contribution in [2.24, 2.45) is 0 Å². The molecule has 0 N–H and O–H groups in total. The second kappa shape index (κ2) is 6.50. The number of aryl methyl sites for hydroxylation is 1. The number of rotatable bonds is 5. The molecule has 0 aliphatic carbocycles. The molecular weight excluding hydrogens is 407 g/mol. The van der Waals surface area contributed by atoms with E-state index in [9.17, 15) is 18.5 Å². The molecule has 0 atom stereocenters. The van der Waals surface area contributed by atoms with Crippen LogP contribution in [0.1, 0.15) is 5.56 Å². The average Bonchev–Trinajstić information content (AvgIpc) is 2.46. The zero-order valence-corrected chi connectivity index (χ0v) is 13.9. The van der Waals surface area contributed by atoms with Crippen LogP contribution in [0, 0.1) is 20.6 Å². The van der Waals surface area contributed by atoms with Crippen LogP contribution in [0.4, 0.5) is 5.69 Å². The van der Waals surface area contributed by atoms with Crippen LogP contribution in [-0.2, 0) is 10.0 Å². The minimum atomic E-state index is -3.77. The van der Waals surface area contributed by atoms with Gasteiger partial charge in [0.25, 0.3) is 3.57 Å². The largest absolute Gasteiger partial charge is 0.320 e. The summed E-state index contributed by atoms with van der Waals surface area (Å²) >= 11 is -1.36. The summed E-state index contributed by atoms with van der Waals surface area (Å²) < 4.78 is 28.3. The lowest BCUT2D eigenvalue weighted by atomic mass is 10.2. The summed E-state index contributed by atoms with van der Waals surface area (Å²) in [7, 11) is -3.77. The molecule has 0 heterocycles. The van der Waals surface area contributed by atoms with Crippen LogP contribution in [-0.4, -0.2) is 13.3 Å². The standard InChI is InChI=1S/C13H11IN2O4S/c1-10-6-8-11(9-7-10)21(19,20)15-14-12-4-2-3-5-13(12)16(17)18/h2-9H,1H3. The molecule has 8 heteroatoms. The van der Waals surface area contributed by atoms with E-state index in [1.165, 1.54) is 18.2 Å². The Morgan fingerprint density at radius 1 is 1.10 bits per heavy atom. The molecule has 0 aliphatic heterocycles. The molecule has 21 heavy (non-hydrogen) atoms. The smallest absolute Gasteiger partial charge is 0.282 e. The summed E-state index contributed by atoms with van der Waals surface area (Å²) in [5, 5.41) is 10.9. The fraction of sp³-hybridized carbons (Fsp3) is 0.0769. The summed E-state index contributed by atoms with van der Waals surface area (Å²) in [5.74, 6) is 0. The van der Waals surface area contributed by atoms with E-state index >= 15 is 0 Å². The predicted molar refractivity (Wildman–Crippen MR) is 73.5 cm³/mol. The first-order chi connectivity index (χ1) is 9.90. The zero-order chi connectivity index (χ0) is 15.5. The topological polar surface area (TPSA) is 91.4 Å². The number of halogens is 1. The Morgan fingerprint density at radius 2 is 1.71 bits per heavy atom. The molecule has 2 aromatic rings. The van der Waals surface area contributed by atoms with Gasteiger partial charge in [-0.05, 0) is 25.1 Å². The van der Waals surface area contributed by atoms with Crippen molar-refractivity contribution in [2.45, 2.75) is 11.8 Å². The van der Waals surface area contributed by atoms with Crippen LogP contribution < -0.4 is 21.5 Å². The van der Waals surface area contributed by atoms with Gasteiger partial charge in [0.05, 0.1) is 9.82 Å². The molecule has 0 bridgehead atoms. The van der Waals surface area contributed by atoms with Gasteiger partial charge >= 0.3 is 5.69 Å². The van der Waals surface area contributed by atoms with Gasteiger partial charge in [0, 0.05) is 6.07 Å². The third-order valence-corrected chi connectivity index (χ3v) is 7.28. The van der Waals surface area contributed by atoms with Crippen molar-refractivity contribution < 1.29 is 34.8 Å². The van der Waals surface area contributed by atoms with Gasteiger partial charge in [-0.1, -0.05) is 29.8 Å². The monoisotopic (exact) mass is 418 g/mol. The maximum atomic E-state index is 12.1. The van der Waals surface area contributed by atoms with Gasteiger partial charge in [-0.2, -0.15) is 0 Å². The highest BCUT2D eigenvalue weighted by Gasteiger charge is 2.22. The molecule has 0 saturated heterocycles. The Labute approximate surface area is 133 Å². The first-order valence-electron chi connectivity index (χ1n) is 5.82. The van der Waals surface area contributed by atoms with Crippen LogP contribution in [0.25, 0.3) is 2.94 Å². The Bertz CT molecular complexity index is 760. The van der Waals surface area contributed by atoms with Crippen molar-refractivity contribution in [1.29, 1.82) is 0 Å². The molecule has 2 aromatic carbocycles. The van der Waals surface area contributed by atoms with Gasteiger partial charge in [-0.15, -0.1) is 0 Å². The summed E-state index contributed by atoms with van der Waals surface area (Å²) in [5.41, 5.74) is 0.857. The molecule has 2 rings (SSSR count). The van der Waals surface area contributed by atoms with E-state index in [0.29, 0.717) is 3.57 Å². The van der Waals surface area contributed by atoms with Crippen molar-refractivity contribution in [3.63, 3.8) is 0 Å². The second-order valence-electron chi connectivity index (χ2n) is 4.15. The van der Waals surface area contributed by atoms with E-state index in [4.69, 9.17) is 0 Å². The first-order valence-corrected chi connectivity index (χ1v) is 9.30. The number of para-hydroxylation sites is 1. The van der Waals surface area contributed by atoms with E-state index in [-0.39, 0.29) is 10.6 Å². The quantitative estimate of drug-likeness (QED) is 0.384. The SMILES string of the molecule is Cc1ccc(S(=O)(=O)[N-][I+]c2ccccc2[N+](=O)[O-])cc1. The van der Waals surface area contributed by atoms with Gasteiger partial charge < -0.3 is 0 Å². The maximum absolute atomic E-state index is 12.1. The minimum absolute atomic E-state index is 0.0897. The lowest BCUT2D eigenvalue weighted by molar-refractivity contribution is -0.575. The average molecular weight is 418 g/mol.